The zero-order chi connectivity index (χ0) is 16.7. The maximum Gasteiger partial charge on any atom is 0.269 e. The quantitative estimate of drug-likeness (QED) is 0.401. The summed E-state index contributed by atoms with van der Waals surface area (Å²) in [5.74, 6) is -0.584. The van der Waals surface area contributed by atoms with Gasteiger partial charge in [-0.25, -0.2) is 5.48 Å². The molecule has 0 aliphatic carbocycles. The molecule has 1 atom stereocenters. The first kappa shape index (κ1) is 16.5. The number of non-ortho nitro benzene ring substituents is 1. The lowest BCUT2D eigenvalue weighted by atomic mass is 10.0. The summed E-state index contributed by atoms with van der Waals surface area (Å²) < 4.78 is 0. The summed E-state index contributed by atoms with van der Waals surface area (Å²) in [4.78, 5) is 26.1. The van der Waals surface area contributed by atoms with Crippen molar-refractivity contribution in [2.75, 3.05) is 0 Å². The molecule has 0 unspecified atom stereocenters. The summed E-state index contributed by atoms with van der Waals surface area (Å²) in [6.07, 6.45) is 1.92. The van der Waals surface area contributed by atoms with Gasteiger partial charge < -0.3 is 0 Å². The fourth-order valence-corrected chi connectivity index (χ4v) is 2.06. The van der Waals surface area contributed by atoms with E-state index in [1.165, 1.54) is 12.1 Å². The van der Waals surface area contributed by atoms with Gasteiger partial charge in [-0.15, -0.1) is 0 Å². The van der Waals surface area contributed by atoms with Crippen LogP contribution in [0.3, 0.4) is 0 Å². The fraction of sp³-hybridized carbons (Fsp3) is 0.200. The van der Waals surface area contributed by atoms with E-state index in [2.05, 4.69) is 10.3 Å². The summed E-state index contributed by atoms with van der Waals surface area (Å²) >= 11 is 0. The number of benzene rings is 1. The first-order valence-electron chi connectivity index (χ1n) is 6.90. The van der Waals surface area contributed by atoms with E-state index in [0.717, 1.165) is 11.3 Å². The summed E-state index contributed by atoms with van der Waals surface area (Å²) in [5.41, 5.74) is 3.10. The van der Waals surface area contributed by atoms with E-state index in [9.17, 15) is 14.9 Å². The molecule has 1 amide bonds. The SMILES string of the molecule is O=C(NO)[C@H](Cc1ccc([N+](=O)[O-])cc1)NCc1ccccn1. The zero-order valence-electron chi connectivity index (χ0n) is 12.2. The number of nitro benzene ring substituents is 1. The molecule has 0 bridgehead atoms. The molecule has 8 heteroatoms. The van der Waals surface area contributed by atoms with Crippen molar-refractivity contribution in [3.8, 4) is 0 Å². The Kier molecular flexibility index (Phi) is 5.73. The highest BCUT2D eigenvalue weighted by molar-refractivity contribution is 5.80. The number of aromatic nitrogens is 1. The second-order valence-corrected chi connectivity index (χ2v) is 4.86. The number of amides is 1. The number of carbonyl (C=O) groups excluding carboxylic acids is 1. The molecule has 1 aromatic carbocycles. The standard InChI is InChI=1S/C15H16N4O4/c20-15(18-21)14(17-10-12-3-1-2-8-16-12)9-11-4-6-13(7-5-11)19(22)23/h1-8,14,17,21H,9-10H2,(H,18,20)/t14-/m0/s1. The molecule has 1 aromatic heterocycles. The highest BCUT2D eigenvalue weighted by atomic mass is 16.6. The van der Waals surface area contributed by atoms with E-state index in [1.54, 1.807) is 29.9 Å². The monoisotopic (exact) mass is 316 g/mol. The molecule has 120 valence electrons. The lowest BCUT2D eigenvalue weighted by Gasteiger charge is -2.16. The minimum Gasteiger partial charge on any atom is -0.300 e. The van der Waals surface area contributed by atoms with Gasteiger partial charge in [-0.3, -0.25) is 30.4 Å². The Balaban J connectivity index is 2.03. The lowest BCUT2D eigenvalue weighted by Crippen LogP contribution is -2.44. The first-order valence-corrected chi connectivity index (χ1v) is 6.90. The minimum absolute atomic E-state index is 0.0154. The molecular formula is C15H16N4O4. The van der Waals surface area contributed by atoms with E-state index in [1.807, 2.05) is 12.1 Å². The molecule has 0 spiro atoms. The van der Waals surface area contributed by atoms with Crippen molar-refractivity contribution in [3.63, 3.8) is 0 Å². The topological polar surface area (TPSA) is 117 Å². The Labute approximate surface area is 132 Å². The van der Waals surface area contributed by atoms with Gasteiger partial charge in [0.05, 0.1) is 16.7 Å². The number of pyridine rings is 1. The van der Waals surface area contributed by atoms with Crippen LogP contribution >= 0.6 is 0 Å². The average Bonchev–Trinajstić information content (AvgIpc) is 2.59. The second kappa shape index (κ2) is 7.97. The molecule has 3 N–H and O–H groups in total. The molecule has 0 aliphatic heterocycles. The number of rotatable bonds is 7. The van der Waals surface area contributed by atoms with Crippen LogP contribution in [0.25, 0.3) is 0 Å². The van der Waals surface area contributed by atoms with E-state index in [4.69, 9.17) is 5.21 Å². The van der Waals surface area contributed by atoms with E-state index in [-0.39, 0.29) is 12.1 Å². The Bertz CT molecular complexity index is 661. The third-order valence-corrected chi connectivity index (χ3v) is 3.27. The van der Waals surface area contributed by atoms with Gasteiger partial charge in [0.15, 0.2) is 0 Å². The Hall–Kier alpha value is -2.84. The molecule has 0 saturated carbocycles. The summed E-state index contributed by atoms with van der Waals surface area (Å²) in [6.45, 7) is 0.353. The third-order valence-electron chi connectivity index (χ3n) is 3.27. The van der Waals surface area contributed by atoms with E-state index in [0.29, 0.717) is 6.54 Å². The molecule has 0 fully saturated rings. The van der Waals surface area contributed by atoms with Crippen LogP contribution in [0.15, 0.2) is 48.7 Å². The number of hydrogen-bond donors (Lipinski definition) is 3. The predicted molar refractivity (Wildman–Crippen MR) is 81.6 cm³/mol. The molecule has 0 saturated heterocycles. The van der Waals surface area contributed by atoms with Crippen LogP contribution in [0.2, 0.25) is 0 Å². The van der Waals surface area contributed by atoms with Gasteiger partial charge in [-0.2, -0.15) is 0 Å². The Morgan fingerprint density at radius 1 is 1.26 bits per heavy atom. The number of nitro groups is 1. The molecule has 1 heterocycles. The third kappa shape index (κ3) is 4.83. The van der Waals surface area contributed by atoms with Crippen molar-refractivity contribution < 1.29 is 14.9 Å². The van der Waals surface area contributed by atoms with Crippen molar-refractivity contribution in [3.05, 3.63) is 70.0 Å². The number of hydroxylamine groups is 1. The maximum absolute atomic E-state index is 11.8. The summed E-state index contributed by atoms with van der Waals surface area (Å²) in [5, 5.41) is 22.5. The van der Waals surface area contributed by atoms with Crippen molar-refractivity contribution in [2.45, 2.75) is 19.0 Å². The Morgan fingerprint density at radius 2 is 2.00 bits per heavy atom. The van der Waals surface area contributed by atoms with E-state index >= 15 is 0 Å². The number of carbonyl (C=O) groups is 1. The summed E-state index contributed by atoms with van der Waals surface area (Å²) in [7, 11) is 0. The van der Waals surface area contributed by atoms with Crippen LogP contribution in [0, 0.1) is 10.1 Å². The Morgan fingerprint density at radius 3 is 2.57 bits per heavy atom. The molecule has 2 aromatic rings. The van der Waals surface area contributed by atoms with Crippen LogP contribution in [0.5, 0.6) is 0 Å². The van der Waals surface area contributed by atoms with Gasteiger partial charge in [0.2, 0.25) is 0 Å². The van der Waals surface area contributed by atoms with Crippen LogP contribution in [0.1, 0.15) is 11.3 Å². The number of nitrogens with zero attached hydrogens (tertiary/aromatic N) is 2. The van der Waals surface area contributed by atoms with Crippen LogP contribution in [-0.4, -0.2) is 27.1 Å². The normalized spacial score (nSPS) is 11.7. The molecule has 8 nitrogen and oxygen atoms in total. The predicted octanol–water partition coefficient (Wildman–Crippen LogP) is 1.20. The highest BCUT2D eigenvalue weighted by Gasteiger charge is 2.18. The van der Waals surface area contributed by atoms with Gasteiger partial charge in [-0.1, -0.05) is 18.2 Å². The van der Waals surface area contributed by atoms with Crippen molar-refractivity contribution in [1.82, 2.24) is 15.8 Å². The second-order valence-electron chi connectivity index (χ2n) is 4.86. The first-order chi connectivity index (χ1) is 11.1. The highest BCUT2D eigenvalue weighted by Crippen LogP contribution is 2.13. The van der Waals surface area contributed by atoms with Crippen LogP contribution in [0.4, 0.5) is 5.69 Å². The fourth-order valence-electron chi connectivity index (χ4n) is 2.06. The van der Waals surface area contributed by atoms with Crippen molar-refractivity contribution >= 4 is 11.6 Å². The van der Waals surface area contributed by atoms with Gasteiger partial charge in [0.25, 0.3) is 11.6 Å². The number of hydrogen-bond acceptors (Lipinski definition) is 6. The maximum atomic E-state index is 11.8. The van der Waals surface area contributed by atoms with Gasteiger partial charge in [0.1, 0.15) is 0 Å². The van der Waals surface area contributed by atoms with Gasteiger partial charge in [-0.05, 0) is 24.1 Å². The van der Waals surface area contributed by atoms with Crippen molar-refractivity contribution in [1.29, 1.82) is 0 Å². The number of nitrogens with one attached hydrogen (secondary N) is 2. The largest absolute Gasteiger partial charge is 0.300 e. The smallest absolute Gasteiger partial charge is 0.269 e. The molecule has 23 heavy (non-hydrogen) atoms. The van der Waals surface area contributed by atoms with Crippen LogP contribution < -0.4 is 10.8 Å². The molecular weight excluding hydrogens is 300 g/mol. The average molecular weight is 316 g/mol. The molecule has 0 aliphatic rings. The summed E-state index contributed by atoms with van der Waals surface area (Å²) in [6, 6.07) is 10.7. The van der Waals surface area contributed by atoms with Crippen molar-refractivity contribution in [2.24, 2.45) is 0 Å². The van der Waals surface area contributed by atoms with Gasteiger partial charge >= 0.3 is 0 Å². The minimum atomic E-state index is -0.691. The lowest BCUT2D eigenvalue weighted by molar-refractivity contribution is -0.384. The van der Waals surface area contributed by atoms with Gasteiger partial charge in [0, 0.05) is 24.9 Å². The van der Waals surface area contributed by atoms with E-state index < -0.39 is 16.9 Å². The molecule has 2 rings (SSSR count). The molecule has 0 radical (unpaired) electrons. The van der Waals surface area contributed by atoms with Crippen LogP contribution in [-0.2, 0) is 17.8 Å². The zero-order valence-corrected chi connectivity index (χ0v) is 12.2.